The highest BCUT2D eigenvalue weighted by molar-refractivity contribution is 7.16. The molecule has 1 N–H and O–H groups in total. The smallest absolute Gasteiger partial charge is 0.351 e. The van der Waals surface area contributed by atoms with E-state index < -0.39 is 11.9 Å². The number of nitrogens with zero attached hydrogens (tertiary/aromatic N) is 2. The molecule has 0 aliphatic carbocycles. The molecule has 3 rings (SSSR count). The van der Waals surface area contributed by atoms with Crippen LogP contribution in [0.4, 0.5) is 0 Å². The Balaban J connectivity index is 1.98. The number of imidazole rings is 1. The summed E-state index contributed by atoms with van der Waals surface area (Å²) in [6, 6.07) is 6.43. The van der Waals surface area contributed by atoms with Crippen LogP contribution in [0, 0.1) is 0 Å². The Kier molecular flexibility index (Phi) is 4.53. The number of aromatic hydroxyl groups is 1. The lowest BCUT2D eigenvalue weighted by Crippen LogP contribution is -2.04. The highest BCUT2D eigenvalue weighted by Gasteiger charge is 2.18. The Hall–Kier alpha value is -3.13. The summed E-state index contributed by atoms with van der Waals surface area (Å²) in [5.74, 6) is -1.22. The molecule has 3 aromatic rings. The Morgan fingerprint density at radius 3 is 2.88 bits per heavy atom. The van der Waals surface area contributed by atoms with Gasteiger partial charge in [-0.1, -0.05) is 12.7 Å². The van der Waals surface area contributed by atoms with Gasteiger partial charge >= 0.3 is 11.9 Å². The second-order valence-corrected chi connectivity index (χ2v) is 6.03. The van der Waals surface area contributed by atoms with E-state index in [0.29, 0.717) is 16.1 Å². The zero-order valence-corrected chi connectivity index (χ0v) is 14.1. The number of benzene rings is 1. The molecular formula is C17H14N2O5S. The molecule has 0 fully saturated rings. The van der Waals surface area contributed by atoms with Crippen molar-refractivity contribution in [2.45, 2.75) is 0 Å². The SMILES string of the molecule is C=CCOC(=O)c1ccc2c(c1)ncn2-c1cc(O)c(C(=O)OC)s1. The summed E-state index contributed by atoms with van der Waals surface area (Å²) in [6.45, 7) is 3.63. The van der Waals surface area contributed by atoms with Crippen LogP contribution in [0.1, 0.15) is 20.0 Å². The van der Waals surface area contributed by atoms with Crippen LogP contribution >= 0.6 is 11.3 Å². The van der Waals surface area contributed by atoms with E-state index in [0.717, 1.165) is 16.9 Å². The third-order valence-corrected chi connectivity index (χ3v) is 4.53. The molecule has 7 nitrogen and oxygen atoms in total. The third kappa shape index (κ3) is 3.11. The number of carbonyl (C=O) groups is 2. The molecule has 0 atom stereocenters. The Morgan fingerprint density at radius 2 is 2.16 bits per heavy atom. The number of hydrogen-bond donors (Lipinski definition) is 1. The number of esters is 2. The first-order chi connectivity index (χ1) is 12.0. The minimum atomic E-state index is -0.606. The molecular weight excluding hydrogens is 344 g/mol. The zero-order valence-electron chi connectivity index (χ0n) is 13.3. The largest absolute Gasteiger partial charge is 0.506 e. The van der Waals surface area contributed by atoms with Crippen molar-refractivity contribution in [3.05, 3.63) is 53.7 Å². The highest BCUT2D eigenvalue weighted by atomic mass is 32.1. The zero-order chi connectivity index (χ0) is 18.0. The second-order valence-electron chi connectivity index (χ2n) is 5.00. The first-order valence-electron chi connectivity index (χ1n) is 7.21. The van der Waals surface area contributed by atoms with Gasteiger partial charge in [-0.15, -0.1) is 11.3 Å². The van der Waals surface area contributed by atoms with E-state index in [4.69, 9.17) is 4.74 Å². The van der Waals surface area contributed by atoms with Crippen molar-refractivity contribution < 1.29 is 24.2 Å². The summed E-state index contributed by atoms with van der Waals surface area (Å²) >= 11 is 1.08. The van der Waals surface area contributed by atoms with Gasteiger partial charge in [0.25, 0.3) is 0 Å². The molecule has 0 aliphatic heterocycles. The highest BCUT2D eigenvalue weighted by Crippen LogP contribution is 2.33. The van der Waals surface area contributed by atoms with Crippen LogP contribution < -0.4 is 0 Å². The number of fused-ring (bicyclic) bond motifs is 1. The van der Waals surface area contributed by atoms with Gasteiger partial charge in [0.15, 0.2) is 4.88 Å². The molecule has 1 aromatic carbocycles. The molecule has 0 aliphatic rings. The van der Waals surface area contributed by atoms with E-state index in [1.807, 2.05) is 0 Å². The predicted molar refractivity (Wildman–Crippen MR) is 92.4 cm³/mol. The van der Waals surface area contributed by atoms with Crippen molar-refractivity contribution in [1.82, 2.24) is 9.55 Å². The maximum absolute atomic E-state index is 11.9. The van der Waals surface area contributed by atoms with Gasteiger partial charge in [-0.05, 0) is 18.2 Å². The molecule has 0 bridgehead atoms. The van der Waals surface area contributed by atoms with Crippen molar-refractivity contribution in [3.8, 4) is 10.8 Å². The number of rotatable bonds is 5. The number of carbonyl (C=O) groups excluding carboxylic acids is 2. The standard InChI is InChI=1S/C17H14N2O5S/c1-3-6-24-16(21)10-4-5-12-11(7-10)18-9-19(12)14-8-13(20)15(25-14)17(22)23-2/h3-5,7-9,20H,1,6H2,2H3. The minimum Gasteiger partial charge on any atom is -0.506 e. The minimum absolute atomic E-state index is 0.115. The first-order valence-corrected chi connectivity index (χ1v) is 8.03. The van der Waals surface area contributed by atoms with Crippen molar-refractivity contribution >= 4 is 34.3 Å². The van der Waals surface area contributed by atoms with Crippen LogP contribution in [-0.4, -0.2) is 40.3 Å². The normalized spacial score (nSPS) is 10.6. The van der Waals surface area contributed by atoms with Crippen LogP contribution in [0.5, 0.6) is 5.75 Å². The van der Waals surface area contributed by atoms with E-state index in [1.165, 1.54) is 19.3 Å². The van der Waals surface area contributed by atoms with Gasteiger partial charge in [0, 0.05) is 6.07 Å². The average molecular weight is 358 g/mol. The molecule has 25 heavy (non-hydrogen) atoms. The summed E-state index contributed by atoms with van der Waals surface area (Å²) in [5, 5.41) is 10.5. The van der Waals surface area contributed by atoms with Crippen LogP contribution in [0.2, 0.25) is 0 Å². The van der Waals surface area contributed by atoms with Crippen LogP contribution in [-0.2, 0) is 9.47 Å². The molecule has 8 heteroatoms. The van der Waals surface area contributed by atoms with E-state index in [9.17, 15) is 14.7 Å². The van der Waals surface area contributed by atoms with Crippen LogP contribution in [0.3, 0.4) is 0 Å². The predicted octanol–water partition coefficient (Wildman–Crippen LogP) is 2.92. The van der Waals surface area contributed by atoms with E-state index in [2.05, 4.69) is 16.3 Å². The average Bonchev–Trinajstić information content (AvgIpc) is 3.21. The number of ether oxygens (including phenoxy) is 2. The fourth-order valence-corrected chi connectivity index (χ4v) is 3.21. The van der Waals surface area contributed by atoms with Crippen molar-refractivity contribution in [1.29, 1.82) is 0 Å². The third-order valence-electron chi connectivity index (χ3n) is 3.42. The number of aromatic nitrogens is 2. The summed E-state index contributed by atoms with van der Waals surface area (Å²) in [7, 11) is 1.25. The fraction of sp³-hybridized carbons (Fsp3) is 0.118. The maximum Gasteiger partial charge on any atom is 0.351 e. The molecule has 0 unspecified atom stereocenters. The molecule has 0 spiro atoms. The van der Waals surface area contributed by atoms with Crippen molar-refractivity contribution in [2.24, 2.45) is 0 Å². The quantitative estimate of drug-likeness (QED) is 0.557. The summed E-state index contributed by atoms with van der Waals surface area (Å²) in [4.78, 5) is 27.9. The number of methoxy groups -OCH3 is 1. The first kappa shape index (κ1) is 16.7. The summed E-state index contributed by atoms with van der Waals surface area (Å²) in [5.41, 5.74) is 1.68. The lowest BCUT2D eigenvalue weighted by Gasteiger charge is -2.03. The van der Waals surface area contributed by atoms with E-state index in [1.54, 1.807) is 29.1 Å². The van der Waals surface area contributed by atoms with Gasteiger partial charge in [0.05, 0.1) is 23.7 Å². The summed E-state index contributed by atoms with van der Waals surface area (Å²) in [6.07, 6.45) is 3.04. The molecule has 2 heterocycles. The molecule has 0 saturated heterocycles. The Bertz CT molecular complexity index is 973. The maximum atomic E-state index is 11.9. The topological polar surface area (TPSA) is 90.6 Å². The molecule has 0 amide bonds. The Labute approximate surface area is 146 Å². The van der Waals surface area contributed by atoms with Gasteiger partial charge in [-0.3, -0.25) is 4.57 Å². The van der Waals surface area contributed by atoms with Crippen molar-refractivity contribution in [2.75, 3.05) is 13.7 Å². The molecule has 0 saturated carbocycles. The van der Waals surface area contributed by atoms with Gasteiger partial charge in [-0.25, -0.2) is 14.6 Å². The van der Waals surface area contributed by atoms with E-state index >= 15 is 0 Å². The molecule has 128 valence electrons. The van der Waals surface area contributed by atoms with E-state index in [-0.39, 0.29) is 17.2 Å². The van der Waals surface area contributed by atoms with Crippen LogP contribution in [0.25, 0.3) is 16.0 Å². The lowest BCUT2D eigenvalue weighted by atomic mass is 10.2. The van der Waals surface area contributed by atoms with Gasteiger partial charge in [0.1, 0.15) is 23.7 Å². The molecule has 0 radical (unpaired) electrons. The van der Waals surface area contributed by atoms with Crippen LogP contribution in [0.15, 0.2) is 43.2 Å². The molecule has 2 aromatic heterocycles. The number of thiophene rings is 1. The number of hydrogen-bond acceptors (Lipinski definition) is 7. The van der Waals surface area contributed by atoms with Gasteiger partial charge in [-0.2, -0.15) is 0 Å². The monoisotopic (exact) mass is 358 g/mol. The summed E-state index contributed by atoms with van der Waals surface area (Å²) < 4.78 is 11.4. The second kappa shape index (κ2) is 6.78. The fourth-order valence-electron chi connectivity index (χ4n) is 2.26. The van der Waals surface area contributed by atoms with Gasteiger partial charge < -0.3 is 14.6 Å². The Morgan fingerprint density at radius 1 is 1.36 bits per heavy atom. The van der Waals surface area contributed by atoms with Crippen molar-refractivity contribution in [3.63, 3.8) is 0 Å². The lowest BCUT2D eigenvalue weighted by molar-refractivity contribution is 0.0548. The van der Waals surface area contributed by atoms with Gasteiger partial charge in [0.2, 0.25) is 0 Å².